The van der Waals surface area contributed by atoms with Crippen LogP contribution in [0.25, 0.3) is 0 Å². The molecule has 1 unspecified atom stereocenters. The first-order valence-electron chi connectivity index (χ1n) is 6.80. The molecule has 1 atom stereocenters. The third-order valence-electron chi connectivity index (χ3n) is 3.68. The van der Waals surface area contributed by atoms with Gasteiger partial charge in [0, 0.05) is 12.6 Å². The number of amides is 1. The fourth-order valence-corrected chi connectivity index (χ4v) is 2.14. The number of phenolic OH excluding ortho intramolecular Hbond substituents is 2. The summed E-state index contributed by atoms with van der Waals surface area (Å²) in [5.74, 6) is 0.266. The van der Waals surface area contributed by atoms with Gasteiger partial charge in [-0.1, -0.05) is 30.3 Å². The molecule has 0 spiro atoms. The Balaban J connectivity index is 2.08. The van der Waals surface area contributed by atoms with Gasteiger partial charge in [0.25, 0.3) is 0 Å². The van der Waals surface area contributed by atoms with Crippen molar-refractivity contribution in [1.29, 1.82) is 0 Å². The highest BCUT2D eigenvalue weighted by Gasteiger charge is 2.18. The zero-order valence-corrected chi connectivity index (χ0v) is 12.2. The fraction of sp³-hybridized carbons (Fsp3) is 0.235. The third kappa shape index (κ3) is 3.54. The minimum Gasteiger partial charge on any atom is -0.508 e. The van der Waals surface area contributed by atoms with Crippen molar-refractivity contribution in [1.82, 2.24) is 4.90 Å². The number of carbonyl (C=O) groups is 1. The molecule has 2 rings (SSSR count). The van der Waals surface area contributed by atoms with E-state index < -0.39 is 0 Å². The number of hydrogen-bond donors (Lipinski definition) is 2. The van der Waals surface area contributed by atoms with Gasteiger partial charge < -0.3 is 15.1 Å². The number of nitrogens with zero attached hydrogens (tertiary/aromatic N) is 1. The average molecular weight is 285 g/mol. The highest BCUT2D eigenvalue weighted by Crippen LogP contribution is 2.23. The van der Waals surface area contributed by atoms with E-state index in [0.29, 0.717) is 5.56 Å². The molecule has 0 aliphatic heterocycles. The average Bonchev–Trinajstić information content (AvgIpc) is 2.49. The third-order valence-corrected chi connectivity index (χ3v) is 3.68. The summed E-state index contributed by atoms with van der Waals surface area (Å²) in [7, 11) is 1.74. The number of benzene rings is 2. The molecule has 21 heavy (non-hydrogen) atoms. The monoisotopic (exact) mass is 285 g/mol. The predicted molar refractivity (Wildman–Crippen MR) is 81.1 cm³/mol. The molecule has 0 saturated heterocycles. The van der Waals surface area contributed by atoms with Crippen LogP contribution in [-0.2, 0) is 11.2 Å². The van der Waals surface area contributed by atoms with Crippen molar-refractivity contribution in [2.75, 3.05) is 7.05 Å². The molecule has 2 aromatic rings. The standard InChI is InChI=1S/C17H19NO3/c1-12(13-7-9-15(19)10-8-13)18(2)17(21)11-14-5-3-4-6-16(14)20/h3-10,12,19-20H,11H2,1-2H3. The Morgan fingerprint density at radius 3 is 2.33 bits per heavy atom. The second-order valence-electron chi connectivity index (χ2n) is 5.08. The number of likely N-dealkylation sites (N-methyl/N-ethyl adjacent to an activating group) is 1. The van der Waals surface area contributed by atoms with Crippen LogP contribution in [0.15, 0.2) is 48.5 Å². The summed E-state index contributed by atoms with van der Waals surface area (Å²) in [6.07, 6.45) is 0.158. The normalized spacial score (nSPS) is 11.9. The van der Waals surface area contributed by atoms with Crippen LogP contribution < -0.4 is 0 Å². The molecule has 0 aromatic heterocycles. The summed E-state index contributed by atoms with van der Waals surface area (Å²) in [4.78, 5) is 13.9. The minimum absolute atomic E-state index is 0.0722. The molecule has 1 amide bonds. The zero-order valence-electron chi connectivity index (χ0n) is 12.2. The largest absolute Gasteiger partial charge is 0.508 e. The first-order chi connectivity index (χ1) is 9.99. The van der Waals surface area contributed by atoms with Crippen LogP contribution in [0.5, 0.6) is 11.5 Å². The van der Waals surface area contributed by atoms with E-state index in [2.05, 4.69) is 0 Å². The molecule has 110 valence electrons. The zero-order chi connectivity index (χ0) is 15.4. The first kappa shape index (κ1) is 14.9. The van der Waals surface area contributed by atoms with Gasteiger partial charge in [0.05, 0.1) is 12.5 Å². The van der Waals surface area contributed by atoms with Crippen LogP contribution in [0.1, 0.15) is 24.1 Å². The number of hydrogen-bond acceptors (Lipinski definition) is 3. The Labute approximate surface area is 124 Å². The number of phenols is 2. The smallest absolute Gasteiger partial charge is 0.227 e. The quantitative estimate of drug-likeness (QED) is 0.908. The number of aromatic hydroxyl groups is 2. The number of carbonyl (C=O) groups excluding carboxylic acids is 1. The van der Waals surface area contributed by atoms with Gasteiger partial charge in [-0.3, -0.25) is 4.79 Å². The van der Waals surface area contributed by atoms with E-state index in [4.69, 9.17) is 0 Å². The van der Waals surface area contributed by atoms with Gasteiger partial charge in [0.2, 0.25) is 5.91 Å². The Kier molecular flexibility index (Phi) is 4.48. The van der Waals surface area contributed by atoms with Gasteiger partial charge in [0.15, 0.2) is 0 Å². The lowest BCUT2D eigenvalue weighted by Crippen LogP contribution is -2.30. The van der Waals surface area contributed by atoms with Crippen LogP contribution in [0.2, 0.25) is 0 Å². The predicted octanol–water partition coefficient (Wildman–Crippen LogP) is 2.86. The van der Waals surface area contributed by atoms with E-state index in [0.717, 1.165) is 5.56 Å². The van der Waals surface area contributed by atoms with E-state index in [-0.39, 0.29) is 29.9 Å². The molecular weight excluding hydrogens is 266 g/mol. The SMILES string of the molecule is CC(c1ccc(O)cc1)N(C)C(=O)Cc1ccccc1O. The second-order valence-corrected chi connectivity index (χ2v) is 5.08. The molecule has 2 N–H and O–H groups in total. The Bertz CT molecular complexity index is 622. The maximum Gasteiger partial charge on any atom is 0.227 e. The maximum absolute atomic E-state index is 12.3. The molecule has 0 heterocycles. The molecular formula is C17H19NO3. The van der Waals surface area contributed by atoms with E-state index >= 15 is 0 Å². The van der Waals surface area contributed by atoms with Gasteiger partial charge in [0.1, 0.15) is 11.5 Å². The lowest BCUT2D eigenvalue weighted by molar-refractivity contribution is -0.131. The van der Waals surface area contributed by atoms with Crippen LogP contribution in [0, 0.1) is 0 Å². The van der Waals surface area contributed by atoms with E-state index in [9.17, 15) is 15.0 Å². The fourth-order valence-electron chi connectivity index (χ4n) is 2.14. The lowest BCUT2D eigenvalue weighted by Gasteiger charge is -2.25. The van der Waals surface area contributed by atoms with Crippen LogP contribution in [-0.4, -0.2) is 28.1 Å². The van der Waals surface area contributed by atoms with Gasteiger partial charge in [-0.15, -0.1) is 0 Å². The van der Waals surface area contributed by atoms with Crippen molar-refractivity contribution in [3.05, 3.63) is 59.7 Å². The van der Waals surface area contributed by atoms with Gasteiger partial charge in [-0.25, -0.2) is 0 Å². The van der Waals surface area contributed by atoms with E-state index in [1.54, 1.807) is 60.5 Å². The summed E-state index contributed by atoms with van der Waals surface area (Å²) in [6.45, 7) is 1.93. The van der Waals surface area contributed by atoms with Gasteiger partial charge >= 0.3 is 0 Å². The van der Waals surface area contributed by atoms with Crippen LogP contribution >= 0.6 is 0 Å². The Morgan fingerprint density at radius 1 is 1.10 bits per heavy atom. The molecule has 0 aliphatic carbocycles. The van der Waals surface area contributed by atoms with Gasteiger partial charge in [-0.05, 0) is 30.7 Å². The molecule has 0 saturated carbocycles. The van der Waals surface area contributed by atoms with Crippen molar-refractivity contribution >= 4 is 5.91 Å². The number of rotatable bonds is 4. The van der Waals surface area contributed by atoms with Crippen molar-refractivity contribution in [3.8, 4) is 11.5 Å². The molecule has 0 fully saturated rings. The van der Waals surface area contributed by atoms with Crippen molar-refractivity contribution in [2.45, 2.75) is 19.4 Å². The molecule has 2 aromatic carbocycles. The molecule has 0 radical (unpaired) electrons. The highest BCUT2D eigenvalue weighted by atomic mass is 16.3. The molecule has 4 heteroatoms. The summed E-state index contributed by atoms with van der Waals surface area (Å²) in [5, 5.41) is 19.0. The first-order valence-corrected chi connectivity index (χ1v) is 6.80. The number of para-hydroxylation sites is 1. The van der Waals surface area contributed by atoms with Crippen molar-refractivity contribution < 1.29 is 15.0 Å². The summed E-state index contributed by atoms with van der Waals surface area (Å²) < 4.78 is 0. The summed E-state index contributed by atoms with van der Waals surface area (Å²) in [6, 6.07) is 13.5. The topological polar surface area (TPSA) is 60.8 Å². The van der Waals surface area contributed by atoms with E-state index in [1.165, 1.54) is 0 Å². The summed E-state index contributed by atoms with van der Waals surface area (Å²) in [5.41, 5.74) is 1.56. The Morgan fingerprint density at radius 2 is 1.71 bits per heavy atom. The van der Waals surface area contributed by atoms with Crippen LogP contribution in [0.3, 0.4) is 0 Å². The molecule has 4 nitrogen and oxygen atoms in total. The highest BCUT2D eigenvalue weighted by molar-refractivity contribution is 5.79. The van der Waals surface area contributed by atoms with Crippen LogP contribution in [0.4, 0.5) is 0 Å². The second kappa shape index (κ2) is 6.31. The Hall–Kier alpha value is -2.49. The maximum atomic E-state index is 12.3. The molecule has 0 aliphatic rings. The molecule has 0 bridgehead atoms. The van der Waals surface area contributed by atoms with E-state index in [1.807, 2.05) is 6.92 Å². The van der Waals surface area contributed by atoms with Crippen molar-refractivity contribution in [2.24, 2.45) is 0 Å². The lowest BCUT2D eigenvalue weighted by atomic mass is 10.1. The minimum atomic E-state index is -0.107. The summed E-state index contributed by atoms with van der Waals surface area (Å²) >= 11 is 0. The van der Waals surface area contributed by atoms with Gasteiger partial charge in [-0.2, -0.15) is 0 Å². The van der Waals surface area contributed by atoms with Crippen molar-refractivity contribution in [3.63, 3.8) is 0 Å².